The Morgan fingerprint density at radius 2 is 2.00 bits per heavy atom. The van der Waals surface area contributed by atoms with Gasteiger partial charge in [-0.2, -0.15) is 0 Å². The van der Waals surface area contributed by atoms with Gasteiger partial charge in [0.05, 0.1) is 17.3 Å². The fraction of sp³-hybridized carbons (Fsp3) is 0.250. The molecule has 2 aromatic rings. The van der Waals surface area contributed by atoms with Gasteiger partial charge in [-0.25, -0.2) is 4.79 Å². The minimum Gasteiger partial charge on any atom is -0.478 e. The Kier molecular flexibility index (Phi) is 3.83. The van der Waals surface area contributed by atoms with Gasteiger partial charge in [-0.3, -0.25) is 4.98 Å². The smallest absolute Gasteiger partial charge is 0.337 e. The zero-order valence-corrected chi connectivity index (χ0v) is 11.6. The number of pyridine rings is 1. The molecular weight excluding hydrogens is 266 g/mol. The lowest BCUT2D eigenvalue weighted by atomic mass is 10.0. The second-order valence-electron chi connectivity index (χ2n) is 5.02. The van der Waals surface area contributed by atoms with Crippen LogP contribution in [0, 0.1) is 0 Å². The highest BCUT2D eigenvalue weighted by molar-refractivity contribution is 5.94. The minimum atomic E-state index is -0.891. The Labute approximate surface area is 123 Å². The lowest BCUT2D eigenvalue weighted by Gasteiger charge is -2.38. The maximum absolute atomic E-state index is 11.5. The number of nitrogens with one attached hydrogen (secondary N) is 1. The van der Waals surface area contributed by atoms with Crippen molar-refractivity contribution in [3.05, 3.63) is 59.9 Å². The first kappa shape index (κ1) is 13.6. The Hall–Kier alpha value is -2.40. The van der Waals surface area contributed by atoms with Gasteiger partial charge in [0.25, 0.3) is 0 Å². The minimum absolute atomic E-state index is 0.113. The van der Waals surface area contributed by atoms with Gasteiger partial charge in [0.15, 0.2) is 0 Å². The van der Waals surface area contributed by atoms with E-state index in [2.05, 4.69) is 15.2 Å². The Morgan fingerprint density at radius 3 is 2.76 bits per heavy atom. The molecule has 1 fully saturated rings. The number of aromatic nitrogens is 1. The summed E-state index contributed by atoms with van der Waals surface area (Å²) in [7, 11) is 0. The van der Waals surface area contributed by atoms with Crippen molar-refractivity contribution in [2.75, 3.05) is 24.5 Å². The maximum atomic E-state index is 11.5. The molecule has 0 amide bonds. The van der Waals surface area contributed by atoms with Crippen LogP contribution in [0.2, 0.25) is 0 Å². The number of piperazine rings is 1. The van der Waals surface area contributed by atoms with Gasteiger partial charge in [0, 0.05) is 32.0 Å². The van der Waals surface area contributed by atoms with E-state index in [4.69, 9.17) is 0 Å². The normalized spacial score (nSPS) is 18.5. The summed E-state index contributed by atoms with van der Waals surface area (Å²) < 4.78 is 0. The summed E-state index contributed by atoms with van der Waals surface area (Å²) in [5, 5.41) is 12.8. The third kappa shape index (κ3) is 2.73. The average molecular weight is 283 g/mol. The number of para-hydroxylation sites is 1. The van der Waals surface area contributed by atoms with Gasteiger partial charge in [-0.05, 0) is 29.8 Å². The average Bonchev–Trinajstić information content (AvgIpc) is 2.55. The third-order valence-corrected chi connectivity index (χ3v) is 3.78. The number of anilines is 1. The Balaban J connectivity index is 2.01. The zero-order valence-electron chi connectivity index (χ0n) is 11.6. The van der Waals surface area contributed by atoms with Crippen molar-refractivity contribution in [2.24, 2.45) is 0 Å². The Morgan fingerprint density at radius 1 is 1.24 bits per heavy atom. The molecule has 0 saturated carbocycles. The second-order valence-corrected chi connectivity index (χ2v) is 5.02. The first-order valence-corrected chi connectivity index (χ1v) is 6.97. The molecule has 2 N–H and O–H groups in total. The van der Waals surface area contributed by atoms with E-state index in [1.54, 1.807) is 24.5 Å². The SMILES string of the molecule is O=C(O)c1ccccc1N1CCNCC1c1ccncc1. The number of rotatable bonds is 3. The van der Waals surface area contributed by atoms with Crippen molar-refractivity contribution < 1.29 is 9.90 Å². The summed E-state index contributed by atoms with van der Waals surface area (Å²) in [4.78, 5) is 17.7. The topological polar surface area (TPSA) is 65.5 Å². The van der Waals surface area contributed by atoms with Gasteiger partial charge in [-0.1, -0.05) is 12.1 Å². The summed E-state index contributed by atoms with van der Waals surface area (Å²) in [6.07, 6.45) is 3.54. The van der Waals surface area contributed by atoms with Crippen molar-refractivity contribution in [1.29, 1.82) is 0 Å². The molecule has 3 rings (SSSR count). The molecule has 5 nitrogen and oxygen atoms in total. The van der Waals surface area contributed by atoms with Crippen LogP contribution < -0.4 is 10.2 Å². The lowest BCUT2D eigenvalue weighted by Crippen LogP contribution is -2.46. The van der Waals surface area contributed by atoms with E-state index in [-0.39, 0.29) is 6.04 Å². The summed E-state index contributed by atoms with van der Waals surface area (Å²) >= 11 is 0. The molecule has 5 heteroatoms. The van der Waals surface area contributed by atoms with Gasteiger partial charge in [0.2, 0.25) is 0 Å². The summed E-state index contributed by atoms with van der Waals surface area (Å²) in [6.45, 7) is 2.41. The molecule has 1 aliphatic rings. The van der Waals surface area contributed by atoms with Crippen molar-refractivity contribution in [3.8, 4) is 0 Å². The molecule has 0 spiro atoms. The number of hydrogen-bond acceptors (Lipinski definition) is 4. The van der Waals surface area contributed by atoms with Crippen molar-refractivity contribution in [3.63, 3.8) is 0 Å². The van der Waals surface area contributed by atoms with Gasteiger partial charge in [0.1, 0.15) is 0 Å². The van der Waals surface area contributed by atoms with E-state index in [0.29, 0.717) is 5.56 Å². The number of aromatic carboxylic acids is 1. The van der Waals surface area contributed by atoms with Crippen LogP contribution in [-0.4, -0.2) is 35.7 Å². The second kappa shape index (κ2) is 5.93. The number of carboxylic acid groups (broad SMARTS) is 1. The predicted octanol–water partition coefficient (Wildman–Crippen LogP) is 1.93. The molecule has 21 heavy (non-hydrogen) atoms. The molecule has 1 aromatic heterocycles. The van der Waals surface area contributed by atoms with Crippen LogP contribution in [0.3, 0.4) is 0 Å². The molecule has 1 saturated heterocycles. The quantitative estimate of drug-likeness (QED) is 0.901. The van der Waals surface area contributed by atoms with Crippen LogP contribution in [-0.2, 0) is 0 Å². The number of carboxylic acids is 1. The van der Waals surface area contributed by atoms with Crippen LogP contribution in [0.15, 0.2) is 48.8 Å². The number of benzene rings is 1. The molecular formula is C16H17N3O2. The highest BCUT2D eigenvalue weighted by Gasteiger charge is 2.26. The highest BCUT2D eigenvalue weighted by atomic mass is 16.4. The van der Waals surface area contributed by atoms with Crippen molar-refractivity contribution in [1.82, 2.24) is 10.3 Å². The summed E-state index contributed by atoms with van der Waals surface area (Å²) in [5.41, 5.74) is 2.25. The predicted molar refractivity (Wildman–Crippen MR) is 80.6 cm³/mol. The van der Waals surface area contributed by atoms with Crippen LogP contribution in [0.25, 0.3) is 0 Å². The molecule has 108 valence electrons. The standard InChI is InChI=1S/C16H17N3O2/c20-16(21)13-3-1-2-4-14(13)19-10-9-18-11-15(19)12-5-7-17-8-6-12/h1-8,15,18H,9-11H2,(H,20,21). The molecule has 1 aliphatic heterocycles. The molecule has 1 unspecified atom stereocenters. The van der Waals surface area contributed by atoms with Gasteiger partial charge < -0.3 is 15.3 Å². The first-order valence-electron chi connectivity index (χ1n) is 6.97. The maximum Gasteiger partial charge on any atom is 0.337 e. The lowest BCUT2D eigenvalue weighted by molar-refractivity contribution is 0.0697. The van der Waals surface area contributed by atoms with E-state index < -0.39 is 5.97 Å². The molecule has 2 heterocycles. The molecule has 0 aliphatic carbocycles. The first-order chi connectivity index (χ1) is 10.3. The number of nitrogens with zero attached hydrogens (tertiary/aromatic N) is 2. The van der Waals surface area contributed by atoms with Crippen molar-refractivity contribution in [2.45, 2.75) is 6.04 Å². The molecule has 0 radical (unpaired) electrons. The molecule has 1 aromatic carbocycles. The fourth-order valence-electron chi connectivity index (χ4n) is 2.78. The molecule has 0 bridgehead atoms. The summed E-state index contributed by atoms with van der Waals surface area (Å²) in [5.74, 6) is -0.891. The van der Waals surface area contributed by atoms with Crippen molar-refractivity contribution >= 4 is 11.7 Å². The van der Waals surface area contributed by atoms with Crippen LogP contribution in [0.1, 0.15) is 22.0 Å². The van der Waals surface area contributed by atoms with Gasteiger partial charge >= 0.3 is 5.97 Å². The van der Waals surface area contributed by atoms with E-state index in [0.717, 1.165) is 30.9 Å². The number of carbonyl (C=O) groups is 1. The van der Waals surface area contributed by atoms with Crippen LogP contribution in [0.5, 0.6) is 0 Å². The zero-order chi connectivity index (χ0) is 14.7. The highest BCUT2D eigenvalue weighted by Crippen LogP contribution is 2.30. The fourth-order valence-corrected chi connectivity index (χ4v) is 2.78. The van der Waals surface area contributed by atoms with E-state index >= 15 is 0 Å². The summed E-state index contributed by atoms with van der Waals surface area (Å²) in [6, 6.07) is 11.3. The van der Waals surface area contributed by atoms with E-state index in [9.17, 15) is 9.90 Å². The number of hydrogen-bond donors (Lipinski definition) is 2. The van der Waals surface area contributed by atoms with Gasteiger partial charge in [-0.15, -0.1) is 0 Å². The van der Waals surface area contributed by atoms with E-state index in [1.165, 1.54) is 0 Å². The van der Waals surface area contributed by atoms with E-state index in [1.807, 2.05) is 24.3 Å². The third-order valence-electron chi connectivity index (χ3n) is 3.78. The van der Waals surface area contributed by atoms with Crippen LogP contribution in [0.4, 0.5) is 5.69 Å². The largest absolute Gasteiger partial charge is 0.478 e. The monoisotopic (exact) mass is 283 g/mol. The molecule has 1 atom stereocenters. The Bertz CT molecular complexity index is 630. The van der Waals surface area contributed by atoms with Crippen LogP contribution >= 0.6 is 0 Å².